The normalized spacial score (nSPS) is 11.8. The number of aromatic carboxylic acids is 1. The van der Waals surface area contributed by atoms with Crippen LogP contribution < -0.4 is 5.56 Å². The highest BCUT2D eigenvalue weighted by Crippen LogP contribution is 2.32. The van der Waals surface area contributed by atoms with E-state index in [0.29, 0.717) is 16.6 Å². The molecule has 8 heteroatoms. The van der Waals surface area contributed by atoms with Crippen LogP contribution in [-0.2, 0) is 6.18 Å². The third-order valence-corrected chi connectivity index (χ3v) is 4.85. The Labute approximate surface area is 179 Å². The SMILES string of the molecule is O=C(O)c1ccc(-n2c(/C=C/c3ccccc3C(F)(F)F)nc3ccccc3c2=O)cc1. The predicted molar refractivity (Wildman–Crippen MR) is 115 cm³/mol. The number of hydrogen-bond acceptors (Lipinski definition) is 3. The largest absolute Gasteiger partial charge is 0.478 e. The zero-order chi connectivity index (χ0) is 22.9. The molecule has 1 heterocycles. The summed E-state index contributed by atoms with van der Waals surface area (Å²) in [6, 6.07) is 17.3. The van der Waals surface area contributed by atoms with Crippen LogP contribution in [-0.4, -0.2) is 20.6 Å². The highest BCUT2D eigenvalue weighted by Gasteiger charge is 2.32. The summed E-state index contributed by atoms with van der Waals surface area (Å²) in [7, 11) is 0. The summed E-state index contributed by atoms with van der Waals surface area (Å²) in [4.78, 5) is 28.8. The molecule has 0 aliphatic carbocycles. The molecule has 0 saturated heterocycles. The van der Waals surface area contributed by atoms with Gasteiger partial charge in [-0.15, -0.1) is 0 Å². The van der Waals surface area contributed by atoms with Crippen molar-refractivity contribution in [3.63, 3.8) is 0 Å². The molecular weight excluding hydrogens is 421 g/mol. The summed E-state index contributed by atoms with van der Waals surface area (Å²) < 4.78 is 41.3. The molecule has 3 aromatic carbocycles. The van der Waals surface area contributed by atoms with E-state index in [2.05, 4.69) is 4.98 Å². The maximum atomic E-state index is 13.3. The minimum absolute atomic E-state index is 0.0340. The van der Waals surface area contributed by atoms with Gasteiger partial charge in [-0.05, 0) is 54.1 Å². The summed E-state index contributed by atoms with van der Waals surface area (Å²) in [5.41, 5.74) is -0.553. The molecule has 0 spiro atoms. The maximum Gasteiger partial charge on any atom is 0.416 e. The highest BCUT2D eigenvalue weighted by atomic mass is 19.4. The number of fused-ring (bicyclic) bond motifs is 1. The van der Waals surface area contributed by atoms with Gasteiger partial charge in [0.1, 0.15) is 5.82 Å². The summed E-state index contributed by atoms with van der Waals surface area (Å²) in [5.74, 6) is -1.02. The van der Waals surface area contributed by atoms with Crippen LogP contribution in [0.25, 0.3) is 28.7 Å². The standard InChI is InChI=1S/C24H15F3N2O3/c25-24(26,27)19-7-3-1-5-15(19)11-14-21-28-20-8-4-2-6-18(20)22(30)29(21)17-12-9-16(10-13-17)23(31)32/h1-14H,(H,31,32)/b14-11+. The van der Waals surface area contributed by atoms with Crippen LogP contribution in [0.5, 0.6) is 0 Å². The second-order valence-electron chi connectivity index (χ2n) is 6.90. The summed E-state index contributed by atoms with van der Waals surface area (Å²) in [5, 5.41) is 9.44. The molecule has 0 saturated carbocycles. The first-order valence-electron chi connectivity index (χ1n) is 9.45. The molecule has 4 rings (SSSR count). The smallest absolute Gasteiger partial charge is 0.416 e. The van der Waals surface area contributed by atoms with Crippen molar-refractivity contribution in [2.24, 2.45) is 0 Å². The number of carboxylic acids is 1. The van der Waals surface area contributed by atoms with Crippen LogP contribution >= 0.6 is 0 Å². The van der Waals surface area contributed by atoms with Crippen LogP contribution in [0.4, 0.5) is 13.2 Å². The van der Waals surface area contributed by atoms with E-state index < -0.39 is 23.3 Å². The number of nitrogens with zero attached hydrogens (tertiary/aromatic N) is 2. The van der Waals surface area contributed by atoms with Gasteiger partial charge in [0, 0.05) is 0 Å². The highest BCUT2D eigenvalue weighted by molar-refractivity contribution is 5.88. The lowest BCUT2D eigenvalue weighted by Crippen LogP contribution is -2.22. The van der Waals surface area contributed by atoms with E-state index in [1.54, 1.807) is 24.3 Å². The van der Waals surface area contributed by atoms with Gasteiger partial charge < -0.3 is 5.11 Å². The van der Waals surface area contributed by atoms with Gasteiger partial charge in [0.2, 0.25) is 0 Å². The monoisotopic (exact) mass is 436 g/mol. The zero-order valence-corrected chi connectivity index (χ0v) is 16.4. The molecule has 0 radical (unpaired) electrons. The fourth-order valence-corrected chi connectivity index (χ4v) is 3.33. The van der Waals surface area contributed by atoms with E-state index in [1.807, 2.05) is 0 Å². The molecule has 0 bridgehead atoms. The van der Waals surface area contributed by atoms with Gasteiger partial charge in [-0.3, -0.25) is 9.36 Å². The molecule has 4 aromatic rings. The lowest BCUT2D eigenvalue weighted by molar-refractivity contribution is -0.137. The lowest BCUT2D eigenvalue weighted by atomic mass is 10.1. The van der Waals surface area contributed by atoms with E-state index >= 15 is 0 Å². The maximum absolute atomic E-state index is 13.3. The first-order chi connectivity index (χ1) is 15.3. The number of para-hydroxylation sites is 1. The number of alkyl halides is 3. The predicted octanol–water partition coefficient (Wildman–Crippen LogP) is 5.27. The number of carbonyl (C=O) groups is 1. The zero-order valence-electron chi connectivity index (χ0n) is 16.4. The van der Waals surface area contributed by atoms with Gasteiger partial charge in [0.15, 0.2) is 0 Å². The van der Waals surface area contributed by atoms with Gasteiger partial charge in [-0.2, -0.15) is 13.2 Å². The number of rotatable bonds is 4. The second kappa shape index (κ2) is 8.14. The van der Waals surface area contributed by atoms with Crippen LogP contribution in [0.1, 0.15) is 27.3 Å². The number of benzene rings is 3. The molecule has 32 heavy (non-hydrogen) atoms. The van der Waals surface area contributed by atoms with Crippen LogP contribution in [0.2, 0.25) is 0 Å². The second-order valence-corrected chi connectivity index (χ2v) is 6.90. The third kappa shape index (κ3) is 4.02. The van der Waals surface area contributed by atoms with Crippen molar-refractivity contribution in [3.05, 3.63) is 106 Å². The van der Waals surface area contributed by atoms with Crippen molar-refractivity contribution >= 4 is 29.0 Å². The van der Waals surface area contributed by atoms with Crippen molar-refractivity contribution in [1.82, 2.24) is 9.55 Å². The van der Waals surface area contributed by atoms with Crippen molar-refractivity contribution in [1.29, 1.82) is 0 Å². The number of aromatic nitrogens is 2. The quantitative estimate of drug-likeness (QED) is 0.473. The van der Waals surface area contributed by atoms with Gasteiger partial charge in [0.05, 0.1) is 27.7 Å². The lowest BCUT2D eigenvalue weighted by Gasteiger charge is -2.12. The van der Waals surface area contributed by atoms with Crippen LogP contribution in [0, 0.1) is 0 Å². The molecule has 1 N–H and O–H groups in total. The van der Waals surface area contributed by atoms with Crippen molar-refractivity contribution < 1.29 is 23.1 Å². The molecule has 0 atom stereocenters. The fraction of sp³-hybridized carbons (Fsp3) is 0.0417. The molecule has 0 aliphatic heterocycles. The van der Waals surface area contributed by atoms with E-state index in [0.717, 1.165) is 6.07 Å². The van der Waals surface area contributed by atoms with Gasteiger partial charge in [-0.25, -0.2) is 9.78 Å². The number of hydrogen-bond donors (Lipinski definition) is 1. The van der Waals surface area contributed by atoms with Crippen LogP contribution in [0.3, 0.4) is 0 Å². The van der Waals surface area contributed by atoms with E-state index in [1.165, 1.54) is 59.2 Å². The third-order valence-electron chi connectivity index (χ3n) is 4.85. The van der Waals surface area contributed by atoms with E-state index in [4.69, 9.17) is 5.11 Å². The Morgan fingerprint density at radius 3 is 2.25 bits per heavy atom. The molecular formula is C24H15F3N2O3. The molecule has 160 valence electrons. The van der Waals surface area contributed by atoms with E-state index in [9.17, 15) is 22.8 Å². The Morgan fingerprint density at radius 1 is 0.906 bits per heavy atom. The molecule has 0 unspecified atom stereocenters. The van der Waals surface area contributed by atoms with Gasteiger partial charge in [-0.1, -0.05) is 36.4 Å². The summed E-state index contributed by atoms with van der Waals surface area (Å²) >= 11 is 0. The Bertz CT molecular complexity index is 1400. The molecule has 0 fully saturated rings. The number of carboxylic acid groups (broad SMARTS) is 1. The molecule has 1 aromatic heterocycles. The Kier molecular flexibility index (Phi) is 5.36. The van der Waals surface area contributed by atoms with Gasteiger partial charge >= 0.3 is 12.1 Å². The van der Waals surface area contributed by atoms with Gasteiger partial charge in [0.25, 0.3) is 5.56 Å². The molecule has 0 amide bonds. The average Bonchev–Trinajstić information content (AvgIpc) is 2.77. The number of halogens is 3. The minimum Gasteiger partial charge on any atom is -0.478 e. The minimum atomic E-state index is -4.54. The van der Waals surface area contributed by atoms with E-state index in [-0.39, 0.29) is 17.0 Å². The van der Waals surface area contributed by atoms with Crippen molar-refractivity contribution in [2.75, 3.05) is 0 Å². The summed E-state index contributed by atoms with van der Waals surface area (Å²) in [6.07, 6.45) is -1.95. The Balaban J connectivity index is 1.92. The first kappa shape index (κ1) is 21.0. The first-order valence-corrected chi connectivity index (χ1v) is 9.45. The molecule has 5 nitrogen and oxygen atoms in total. The fourth-order valence-electron chi connectivity index (χ4n) is 3.33. The van der Waals surface area contributed by atoms with Crippen molar-refractivity contribution in [2.45, 2.75) is 6.18 Å². The summed E-state index contributed by atoms with van der Waals surface area (Å²) in [6.45, 7) is 0. The van der Waals surface area contributed by atoms with Crippen LogP contribution in [0.15, 0.2) is 77.6 Å². The Hall–Kier alpha value is -4.20. The van der Waals surface area contributed by atoms with Crippen molar-refractivity contribution in [3.8, 4) is 5.69 Å². The Morgan fingerprint density at radius 2 is 1.56 bits per heavy atom. The average molecular weight is 436 g/mol. The topological polar surface area (TPSA) is 72.2 Å². The molecule has 0 aliphatic rings.